The fraction of sp³-hybridized carbons (Fsp3) is 0.304. The lowest BCUT2D eigenvalue weighted by atomic mass is 9.99. The fourth-order valence-corrected chi connectivity index (χ4v) is 4.08. The van der Waals surface area contributed by atoms with Crippen LogP contribution < -0.4 is 10.9 Å². The third-order valence-corrected chi connectivity index (χ3v) is 6.08. The van der Waals surface area contributed by atoms with E-state index in [-0.39, 0.29) is 23.8 Å². The van der Waals surface area contributed by atoms with E-state index < -0.39 is 0 Å². The number of carbonyl (C=O) groups is 1. The van der Waals surface area contributed by atoms with Gasteiger partial charge in [-0.2, -0.15) is 5.10 Å². The Morgan fingerprint density at radius 2 is 2.06 bits per heavy atom. The number of nitrogens with zero attached hydrogens (tertiary/aromatic N) is 3. The van der Waals surface area contributed by atoms with Gasteiger partial charge in [0.2, 0.25) is 0 Å². The number of halogens is 2. The maximum Gasteiger partial charge on any atom is 0.256 e. The Morgan fingerprint density at radius 1 is 1.26 bits per heavy atom. The topological polar surface area (TPSA) is 62.2 Å². The molecule has 1 aliphatic rings. The van der Waals surface area contributed by atoms with Gasteiger partial charge in [-0.1, -0.05) is 28.1 Å². The monoisotopic (exact) mass is 485 g/mol. The predicted molar refractivity (Wildman–Crippen MR) is 121 cm³/mol. The smallest absolute Gasteiger partial charge is 0.256 e. The molecule has 3 aromatic rings. The van der Waals surface area contributed by atoms with Crippen LogP contribution in [0, 0.1) is 5.82 Å². The largest absolute Gasteiger partial charge is 0.342 e. The molecule has 1 aromatic heterocycles. The van der Waals surface area contributed by atoms with Crippen molar-refractivity contribution in [3.05, 3.63) is 82.3 Å². The summed E-state index contributed by atoms with van der Waals surface area (Å²) in [5, 5.41) is 4.32. The molecule has 1 saturated heterocycles. The van der Waals surface area contributed by atoms with Crippen molar-refractivity contribution in [3.8, 4) is 5.69 Å². The van der Waals surface area contributed by atoms with E-state index in [0.29, 0.717) is 12.1 Å². The molecule has 4 rings (SSSR count). The maximum atomic E-state index is 13.4. The molecule has 1 fully saturated rings. The van der Waals surface area contributed by atoms with E-state index >= 15 is 0 Å². The molecule has 0 saturated carbocycles. The van der Waals surface area contributed by atoms with Gasteiger partial charge in [-0.15, -0.1) is 0 Å². The van der Waals surface area contributed by atoms with Crippen molar-refractivity contribution >= 4 is 21.8 Å². The van der Waals surface area contributed by atoms with Gasteiger partial charge in [-0.25, -0.2) is 9.07 Å². The number of aromatic nitrogens is 2. The molecule has 162 valence electrons. The molecule has 0 radical (unpaired) electrons. The Kier molecular flexibility index (Phi) is 6.80. The summed E-state index contributed by atoms with van der Waals surface area (Å²) in [7, 11) is 1.81. The fourth-order valence-electron chi connectivity index (χ4n) is 3.82. The van der Waals surface area contributed by atoms with Crippen molar-refractivity contribution in [3.63, 3.8) is 0 Å². The van der Waals surface area contributed by atoms with Gasteiger partial charge < -0.3 is 4.90 Å². The molecular weight excluding hydrogens is 461 g/mol. The lowest BCUT2D eigenvalue weighted by molar-refractivity contribution is 0.0791. The Bertz CT molecular complexity index is 1040. The first-order chi connectivity index (χ1) is 15.0. The van der Waals surface area contributed by atoms with Gasteiger partial charge in [0.1, 0.15) is 5.82 Å². The Morgan fingerprint density at radius 3 is 2.84 bits per heavy atom. The first-order valence-corrected chi connectivity index (χ1v) is 11.1. The summed E-state index contributed by atoms with van der Waals surface area (Å²) in [4.78, 5) is 14.5. The van der Waals surface area contributed by atoms with Crippen molar-refractivity contribution in [2.75, 3.05) is 13.6 Å². The van der Waals surface area contributed by atoms with E-state index in [1.807, 2.05) is 37.4 Å². The number of rotatable bonds is 7. The SMILES string of the molecule is CN(CCCC1CC(c2cccc(F)c2)NN1)C(=O)c1cnn(-c2ccc(Br)cc2)c1. The van der Waals surface area contributed by atoms with Gasteiger partial charge in [0.05, 0.1) is 17.4 Å². The van der Waals surface area contributed by atoms with Crippen LogP contribution in [-0.2, 0) is 0 Å². The zero-order chi connectivity index (χ0) is 21.8. The van der Waals surface area contributed by atoms with Crippen LogP contribution in [0.4, 0.5) is 4.39 Å². The number of amides is 1. The molecule has 2 atom stereocenters. The highest BCUT2D eigenvalue weighted by Crippen LogP contribution is 2.24. The Hall–Kier alpha value is -2.55. The van der Waals surface area contributed by atoms with E-state index in [9.17, 15) is 9.18 Å². The van der Waals surface area contributed by atoms with Gasteiger partial charge in [0.25, 0.3) is 5.91 Å². The molecule has 2 unspecified atom stereocenters. The Labute approximate surface area is 189 Å². The third-order valence-electron chi connectivity index (χ3n) is 5.55. The number of hydrogen-bond acceptors (Lipinski definition) is 4. The minimum Gasteiger partial charge on any atom is -0.342 e. The van der Waals surface area contributed by atoms with E-state index in [1.54, 1.807) is 34.1 Å². The van der Waals surface area contributed by atoms with E-state index in [1.165, 1.54) is 6.07 Å². The number of carbonyl (C=O) groups excluding carboxylic acids is 1. The molecular formula is C23H25BrFN5O. The summed E-state index contributed by atoms with van der Waals surface area (Å²) in [5.74, 6) is -0.259. The quantitative estimate of drug-likeness (QED) is 0.525. The van der Waals surface area contributed by atoms with Crippen LogP contribution in [0.15, 0.2) is 65.4 Å². The number of nitrogens with one attached hydrogen (secondary N) is 2. The maximum absolute atomic E-state index is 13.4. The molecule has 0 spiro atoms. The first kappa shape index (κ1) is 21.7. The standard InChI is InChI=1S/C23H25BrFN5O/c1-29(23(31)17-14-26-30(15-17)21-9-7-18(24)8-10-21)11-3-6-20-13-22(28-27-20)16-4-2-5-19(25)12-16/h2,4-5,7-10,12,14-15,20,22,27-28H,3,6,11,13H2,1H3. The second-order valence-electron chi connectivity index (χ2n) is 7.85. The molecule has 31 heavy (non-hydrogen) atoms. The van der Waals surface area contributed by atoms with Crippen molar-refractivity contribution in [1.82, 2.24) is 25.5 Å². The zero-order valence-electron chi connectivity index (χ0n) is 17.3. The van der Waals surface area contributed by atoms with Crippen molar-refractivity contribution < 1.29 is 9.18 Å². The highest BCUT2D eigenvalue weighted by atomic mass is 79.9. The summed E-state index contributed by atoms with van der Waals surface area (Å²) < 4.78 is 16.1. The number of hydrazine groups is 1. The van der Waals surface area contributed by atoms with Crippen molar-refractivity contribution in [2.24, 2.45) is 0 Å². The predicted octanol–water partition coefficient (Wildman–Crippen LogP) is 4.23. The minimum atomic E-state index is -0.216. The van der Waals surface area contributed by atoms with Crippen molar-refractivity contribution in [1.29, 1.82) is 0 Å². The van der Waals surface area contributed by atoms with Gasteiger partial charge in [0.15, 0.2) is 0 Å². The molecule has 8 heteroatoms. The minimum absolute atomic E-state index is 0.0431. The van der Waals surface area contributed by atoms with Gasteiger partial charge in [-0.3, -0.25) is 15.6 Å². The highest BCUT2D eigenvalue weighted by Gasteiger charge is 2.25. The first-order valence-electron chi connectivity index (χ1n) is 10.3. The summed E-state index contributed by atoms with van der Waals surface area (Å²) >= 11 is 3.42. The normalized spacial score (nSPS) is 18.3. The van der Waals surface area contributed by atoms with Crippen LogP contribution in [0.2, 0.25) is 0 Å². The zero-order valence-corrected chi connectivity index (χ0v) is 18.8. The van der Waals surface area contributed by atoms with Crippen LogP contribution >= 0.6 is 15.9 Å². The third kappa shape index (κ3) is 5.39. The van der Waals surface area contributed by atoms with Crippen LogP contribution in [-0.4, -0.2) is 40.2 Å². The van der Waals surface area contributed by atoms with Crippen LogP contribution in [0.1, 0.15) is 41.2 Å². The van der Waals surface area contributed by atoms with Crippen LogP contribution in [0.3, 0.4) is 0 Å². The summed E-state index contributed by atoms with van der Waals surface area (Å²) in [6.45, 7) is 0.658. The molecule has 1 aliphatic heterocycles. The molecule has 0 aliphatic carbocycles. The summed E-state index contributed by atoms with van der Waals surface area (Å²) in [6.07, 6.45) is 6.05. The van der Waals surface area contributed by atoms with Crippen LogP contribution in [0.25, 0.3) is 5.69 Å². The average Bonchev–Trinajstić information content (AvgIpc) is 3.44. The molecule has 2 heterocycles. The molecule has 0 bridgehead atoms. The van der Waals surface area contributed by atoms with E-state index in [2.05, 4.69) is 31.9 Å². The molecule has 2 N–H and O–H groups in total. The molecule has 6 nitrogen and oxygen atoms in total. The van der Waals surface area contributed by atoms with Gasteiger partial charge >= 0.3 is 0 Å². The summed E-state index contributed by atoms with van der Waals surface area (Å²) in [6, 6.07) is 14.8. The lowest BCUT2D eigenvalue weighted by Gasteiger charge is -2.17. The average molecular weight is 486 g/mol. The highest BCUT2D eigenvalue weighted by molar-refractivity contribution is 9.10. The number of hydrogen-bond donors (Lipinski definition) is 2. The van der Waals surface area contributed by atoms with Gasteiger partial charge in [-0.05, 0) is 61.2 Å². The molecule has 1 amide bonds. The van der Waals surface area contributed by atoms with Crippen LogP contribution in [0.5, 0.6) is 0 Å². The second kappa shape index (κ2) is 9.72. The van der Waals surface area contributed by atoms with E-state index in [0.717, 1.165) is 35.0 Å². The lowest BCUT2D eigenvalue weighted by Crippen LogP contribution is -2.32. The van der Waals surface area contributed by atoms with Gasteiger partial charge in [0, 0.05) is 36.3 Å². The second-order valence-corrected chi connectivity index (χ2v) is 8.76. The summed E-state index contributed by atoms with van der Waals surface area (Å²) in [5.41, 5.74) is 8.96. The Balaban J connectivity index is 1.25. The number of benzene rings is 2. The van der Waals surface area contributed by atoms with E-state index in [4.69, 9.17) is 0 Å². The molecule has 2 aromatic carbocycles. The van der Waals surface area contributed by atoms with Crippen molar-refractivity contribution in [2.45, 2.75) is 31.3 Å².